The molecule has 136 valence electrons. The molecule has 0 aromatic heterocycles. The lowest BCUT2D eigenvalue weighted by atomic mass is 9.97. The van der Waals surface area contributed by atoms with Crippen LogP contribution in [0.15, 0.2) is 0 Å². The first kappa shape index (κ1) is 18.9. The molecule has 0 aromatic carbocycles. The van der Waals surface area contributed by atoms with Crippen molar-refractivity contribution in [2.45, 2.75) is 61.4 Å². The molecule has 0 saturated carbocycles. The highest BCUT2D eigenvalue weighted by molar-refractivity contribution is 4.93. The van der Waals surface area contributed by atoms with Gasteiger partial charge in [0.15, 0.2) is 12.6 Å². The molecule has 2 saturated heterocycles. The van der Waals surface area contributed by atoms with Gasteiger partial charge in [0.2, 0.25) is 0 Å². The predicted molar refractivity (Wildman–Crippen MR) is 68.6 cm³/mol. The van der Waals surface area contributed by atoms with E-state index in [1.807, 2.05) is 0 Å². The third-order valence-corrected chi connectivity index (χ3v) is 3.98. The molecule has 8 N–H and O–H groups in total. The van der Waals surface area contributed by atoms with E-state index in [1.54, 1.807) is 0 Å². The van der Waals surface area contributed by atoms with Gasteiger partial charge in [-0.25, -0.2) is 0 Å². The zero-order valence-electron chi connectivity index (χ0n) is 12.0. The Morgan fingerprint density at radius 1 is 0.652 bits per heavy atom. The summed E-state index contributed by atoms with van der Waals surface area (Å²) in [4.78, 5) is 0. The van der Waals surface area contributed by atoms with Crippen LogP contribution in [0.5, 0.6) is 0 Å². The van der Waals surface area contributed by atoms with Crippen molar-refractivity contribution >= 4 is 0 Å². The van der Waals surface area contributed by atoms with Gasteiger partial charge >= 0.3 is 0 Å². The molecule has 11 nitrogen and oxygen atoms in total. The summed E-state index contributed by atoms with van der Waals surface area (Å²) in [5.74, 6) is 0. The highest BCUT2D eigenvalue weighted by Crippen LogP contribution is 2.28. The second-order valence-electron chi connectivity index (χ2n) is 5.53. The Balaban J connectivity index is 2.11. The van der Waals surface area contributed by atoms with Crippen molar-refractivity contribution in [3.8, 4) is 0 Å². The first-order chi connectivity index (χ1) is 10.8. The molecule has 0 aromatic rings. The predicted octanol–water partition coefficient (Wildman–Crippen LogP) is -5.40. The van der Waals surface area contributed by atoms with Gasteiger partial charge in [0.1, 0.15) is 48.8 Å². The second kappa shape index (κ2) is 7.63. The Kier molecular flexibility index (Phi) is 6.27. The van der Waals surface area contributed by atoms with Crippen LogP contribution >= 0.6 is 0 Å². The van der Waals surface area contributed by atoms with E-state index in [2.05, 4.69) is 0 Å². The first-order valence-electron chi connectivity index (χ1n) is 7.08. The Labute approximate surface area is 130 Å². The molecular formula is C12H22O11. The van der Waals surface area contributed by atoms with E-state index >= 15 is 0 Å². The van der Waals surface area contributed by atoms with Crippen molar-refractivity contribution in [1.82, 2.24) is 0 Å². The van der Waals surface area contributed by atoms with Gasteiger partial charge < -0.3 is 55.1 Å². The van der Waals surface area contributed by atoms with Crippen molar-refractivity contribution in [2.24, 2.45) is 0 Å². The third-order valence-electron chi connectivity index (χ3n) is 3.98. The summed E-state index contributed by atoms with van der Waals surface area (Å²) < 4.78 is 15.3. The van der Waals surface area contributed by atoms with Crippen LogP contribution in [0, 0.1) is 0 Å². The van der Waals surface area contributed by atoms with E-state index in [0.717, 1.165) is 0 Å². The van der Waals surface area contributed by atoms with Gasteiger partial charge in [0.25, 0.3) is 0 Å². The van der Waals surface area contributed by atoms with Crippen LogP contribution in [0.4, 0.5) is 0 Å². The number of ether oxygens (including phenoxy) is 3. The summed E-state index contributed by atoms with van der Waals surface area (Å²) in [7, 11) is 0. The van der Waals surface area contributed by atoms with Gasteiger partial charge in [-0.3, -0.25) is 0 Å². The number of hydrogen-bond donors (Lipinski definition) is 8. The van der Waals surface area contributed by atoms with Crippen molar-refractivity contribution in [3.05, 3.63) is 0 Å². The average molecular weight is 342 g/mol. The molecule has 2 fully saturated rings. The van der Waals surface area contributed by atoms with Gasteiger partial charge in [-0.2, -0.15) is 0 Å². The molecule has 0 spiro atoms. The average Bonchev–Trinajstić information content (AvgIpc) is 2.55. The van der Waals surface area contributed by atoms with Crippen LogP contribution in [0.2, 0.25) is 0 Å². The van der Waals surface area contributed by atoms with Crippen molar-refractivity contribution in [1.29, 1.82) is 0 Å². The second-order valence-corrected chi connectivity index (χ2v) is 5.53. The van der Waals surface area contributed by atoms with Gasteiger partial charge in [-0.1, -0.05) is 0 Å². The fourth-order valence-electron chi connectivity index (χ4n) is 2.57. The number of hydrogen-bond acceptors (Lipinski definition) is 11. The lowest BCUT2D eigenvalue weighted by molar-refractivity contribution is -0.355. The van der Waals surface area contributed by atoms with Crippen LogP contribution in [0.1, 0.15) is 0 Å². The van der Waals surface area contributed by atoms with E-state index < -0.39 is 74.6 Å². The topological polar surface area (TPSA) is 190 Å². The van der Waals surface area contributed by atoms with Crippen LogP contribution in [0.3, 0.4) is 0 Å². The quantitative estimate of drug-likeness (QED) is 0.243. The minimum absolute atomic E-state index is 0.667. The van der Waals surface area contributed by atoms with Gasteiger partial charge in [-0.05, 0) is 0 Å². The van der Waals surface area contributed by atoms with Crippen LogP contribution in [-0.4, -0.2) is 115 Å². The Hall–Kier alpha value is -0.440. The van der Waals surface area contributed by atoms with E-state index in [1.165, 1.54) is 0 Å². The molecule has 23 heavy (non-hydrogen) atoms. The standard InChI is InChI=1S/C12H22O11/c13-1-3-5(15)6(16)9(19)12(22-3)23-10-4(2-14)21-11(20)8(18)7(10)17/h3-20H,1-2H2/t3?,4?,5-,6?,7?,8?,9?,10-,11+,12+/m1/s1. The van der Waals surface area contributed by atoms with Gasteiger partial charge in [0, 0.05) is 0 Å². The molecule has 2 aliphatic rings. The van der Waals surface area contributed by atoms with Crippen molar-refractivity contribution in [2.75, 3.05) is 13.2 Å². The molecular weight excluding hydrogens is 320 g/mol. The maximum Gasteiger partial charge on any atom is 0.187 e. The van der Waals surface area contributed by atoms with Crippen molar-refractivity contribution in [3.63, 3.8) is 0 Å². The molecule has 0 bridgehead atoms. The maximum absolute atomic E-state index is 9.94. The largest absolute Gasteiger partial charge is 0.394 e. The molecule has 2 rings (SSSR count). The fraction of sp³-hybridized carbons (Fsp3) is 1.00. The molecule has 2 heterocycles. The van der Waals surface area contributed by atoms with E-state index in [4.69, 9.17) is 19.3 Å². The smallest absolute Gasteiger partial charge is 0.187 e. The molecule has 10 atom stereocenters. The van der Waals surface area contributed by atoms with Gasteiger partial charge in [0.05, 0.1) is 13.2 Å². The summed E-state index contributed by atoms with van der Waals surface area (Å²) in [6.07, 6.45) is -15.6. The lowest BCUT2D eigenvalue weighted by Gasteiger charge is -2.45. The van der Waals surface area contributed by atoms with Gasteiger partial charge in [-0.15, -0.1) is 0 Å². The number of aliphatic hydroxyl groups excluding tert-OH is 8. The first-order valence-corrected chi connectivity index (χ1v) is 7.08. The maximum atomic E-state index is 9.94. The Morgan fingerprint density at radius 2 is 1.26 bits per heavy atom. The highest BCUT2D eigenvalue weighted by atomic mass is 16.7. The molecule has 6 unspecified atom stereocenters. The number of rotatable bonds is 4. The van der Waals surface area contributed by atoms with E-state index in [-0.39, 0.29) is 0 Å². The SMILES string of the molecule is OCC1O[C@@H](O[C@@H]2C(CO)O[C@H](O)C(O)C2O)C(O)C(O)[C@@H]1O. The summed E-state index contributed by atoms with van der Waals surface area (Å²) in [5.41, 5.74) is 0. The van der Waals surface area contributed by atoms with Crippen LogP contribution < -0.4 is 0 Å². The monoisotopic (exact) mass is 342 g/mol. The van der Waals surface area contributed by atoms with E-state index in [0.29, 0.717) is 0 Å². The summed E-state index contributed by atoms with van der Waals surface area (Å²) in [6.45, 7) is -1.35. The van der Waals surface area contributed by atoms with Crippen LogP contribution in [-0.2, 0) is 14.2 Å². The molecule has 0 amide bonds. The molecule has 0 radical (unpaired) electrons. The zero-order chi connectivity index (χ0) is 17.3. The van der Waals surface area contributed by atoms with Crippen LogP contribution in [0.25, 0.3) is 0 Å². The minimum Gasteiger partial charge on any atom is -0.394 e. The molecule has 2 aliphatic heterocycles. The molecule has 11 heteroatoms. The Bertz CT molecular complexity index is 378. The normalized spacial score (nSPS) is 51.7. The third kappa shape index (κ3) is 3.65. The number of aliphatic hydroxyl groups is 8. The summed E-state index contributed by atoms with van der Waals surface area (Å²) in [6, 6.07) is 0. The summed E-state index contributed by atoms with van der Waals surface area (Å²) >= 11 is 0. The lowest BCUT2D eigenvalue weighted by Crippen LogP contribution is -2.64. The highest BCUT2D eigenvalue weighted by Gasteiger charge is 2.50. The zero-order valence-corrected chi connectivity index (χ0v) is 12.0. The summed E-state index contributed by atoms with van der Waals surface area (Å²) in [5, 5.41) is 76.5. The van der Waals surface area contributed by atoms with Crippen molar-refractivity contribution < 1.29 is 55.1 Å². The Morgan fingerprint density at radius 3 is 1.83 bits per heavy atom. The minimum atomic E-state index is -1.74. The molecule has 0 aliphatic carbocycles. The fourth-order valence-corrected chi connectivity index (χ4v) is 2.57. The van der Waals surface area contributed by atoms with E-state index in [9.17, 15) is 35.7 Å².